The molecule has 0 unspecified atom stereocenters. The second-order valence-corrected chi connectivity index (χ2v) is 8.24. The number of hydrogen-bond donors (Lipinski definition) is 3. The smallest absolute Gasteiger partial charge is 0.270 e. The number of fused-ring (bicyclic) bond motifs is 1. The summed E-state index contributed by atoms with van der Waals surface area (Å²) in [5, 5.41) is 1.87. The van der Waals surface area contributed by atoms with E-state index in [1.54, 1.807) is 13.2 Å². The van der Waals surface area contributed by atoms with Gasteiger partial charge < -0.3 is 20.3 Å². The van der Waals surface area contributed by atoms with E-state index >= 15 is 0 Å². The first-order chi connectivity index (χ1) is 17.1. The van der Waals surface area contributed by atoms with Crippen LogP contribution in [0.15, 0.2) is 73.1 Å². The Kier molecular flexibility index (Phi) is 6.21. The van der Waals surface area contributed by atoms with Gasteiger partial charge in [0.25, 0.3) is 5.91 Å². The molecule has 178 valence electrons. The van der Waals surface area contributed by atoms with Crippen molar-refractivity contribution in [2.24, 2.45) is 0 Å². The van der Waals surface area contributed by atoms with E-state index in [-0.39, 0.29) is 5.91 Å². The summed E-state index contributed by atoms with van der Waals surface area (Å²) in [7, 11) is 1.66. The molecule has 1 saturated heterocycles. The van der Waals surface area contributed by atoms with Crippen molar-refractivity contribution in [1.29, 1.82) is 0 Å². The van der Waals surface area contributed by atoms with Crippen LogP contribution in [-0.2, 0) is 0 Å². The van der Waals surface area contributed by atoms with Gasteiger partial charge in [0.2, 0.25) is 0 Å². The average Bonchev–Trinajstić information content (AvgIpc) is 2.92. The summed E-state index contributed by atoms with van der Waals surface area (Å²) in [6.45, 7) is 3.18. The summed E-state index contributed by atoms with van der Waals surface area (Å²) >= 11 is 0. The SMILES string of the molecule is COc1ccc(N2CCN(c3ncnc(NNC(=O)c4cccc5ccccc45)c3N)CC2)cc1. The van der Waals surface area contributed by atoms with Crippen LogP contribution in [-0.4, -0.2) is 49.2 Å². The second-order valence-electron chi connectivity index (χ2n) is 8.24. The largest absolute Gasteiger partial charge is 0.497 e. The molecule has 0 spiro atoms. The van der Waals surface area contributed by atoms with Crippen molar-refractivity contribution in [3.8, 4) is 5.75 Å². The molecule has 1 amide bonds. The van der Waals surface area contributed by atoms with Crippen LogP contribution in [0.1, 0.15) is 10.4 Å². The zero-order chi connectivity index (χ0) is 24.2. The molecular formula is C26H27N7O2. The number of rotatable bonds is 6. The van der Waals surface area contributed by atoms with E-state index < -0.39 is 0 Å². The van der Waals surface area contributed by atoms with Gasteiger partial charge in [-0.2, -0.15) is 0 Å². The molecule has 35 heavy (non-hydrogen) atoms. The molecule has 1 aliphatic heterocycles. The minimum absolute atomic E-state index is 0.269. The summed E-state index contributed by atoms with van der Waals surface area (Å²) in [4.78, 5) is 26.0. The number of piperazine rings is 1. The first kappa shape index (κ1) is 22.3. The Hall–Kier alpha value is -4.53. The van der Waals surface area contributed by atoms with E-state index in [1.807, 2.05) is 48.5 Å². The van der Waals surface area contributed by atoms with E-state index in [4.69, 9.17) is 10.5 Å². The number of anilines is 4. The molecule has 2 heterocycles. The third-order valence-electron chi connectivity index (χ3n) is 6.21. The van der Waals surface area contributed by atoms with Gasteiger partial charge in [0, 0.05) is 37.4 Å². The van der Waals surface area contributed by atoms with Gasteiger partial charge in [-0.05, 0) is 41.1 Å². The molecule has 3 aromatic carbocycles. The molecule has 0 saturated carbocycles. The third kappa shape index (κ3) is 4.61. The van der Waals surface area contributed by atoms with Gasteiger partial charge in [-0.1, -0.05) is 36.4 Å². The van der Waals surface area contributed by atoms with Crippen molar-refractivity contribution in [2.75, 3.05) is 54.2 Å². The summed E-state index contributed by atoms with van der Waals surface area (Å²) in [6.07, 6.45) is 1.45. The number of hydrazine groups is 1. The molecule has 4 N–H and O–H groups in total. The number of nitrogens with zero attached hydrogens (tertiary/aromatic N) is 4. The molecule has 4 aromatic rings. The quantitative estimate of drug-likeness (QED) is 0.369. The number of nitrogens with two attached hydrogens (primary N) is 1. The molecule has 1 aliphatic rings. The highest BCUT2D eigenvalue weighted by atomic mass is 16.5. The number of aromatic nitrogens is 2. The van der Waals surface area contributed by atoms with Gasteiger partial charge in [-0.3, -0.25) is 15.6 Å². The number of amides is 1. The number of benzene rings is 3. The van der Waals surface area contributed by atoms with Crippen molar-refractivity contribution in [1.82, 2.24) is 15.4 Å². The fraction of sp³-hybridized carbons (Fsp3) is 0.192. The van der Waals surface area contributed by atoms with Gasteiger partial charge in [-0.15, -0.1) is 0 Å². The lowest BCUT2D eigenvalue weighted by Gasteiger charge is -2.37. The number of hydrogen-bond acceptors (Lipinski definition) is 8. The Morgan fingerprint density at radius 3 is 2.40 bits per heavy atom. The average molecular weight is 470 g/mol. The Bertz CT molecular complexity index is 1330. The van der Waals surface area contributed by atoms with Crippen LogP contribution in [0, 0.1) is 0 Å². The van der Waals surface area contributed by atoms with Crippen LogP contribution < -0.4 is 31.1 Å². The molecule has 0 radical (unpaired) electrons. The van der Waals surface area contributed by atoms with Gasteiger partial charge in [-0.25, -0.2) is 9.97 Å². The molecule has 0 aliphatic carbocycles. The van der Waals surface area contributed by atoms with Gasteiger partial charge in [0.1, 0.15) is 17.8 Å². The minimum atomic E-state index is -0.269. The van der Waals surface area contributed by atoms with Crippen molar-refractivity contribution in [3.05, 3.63) is 78.6 Å². The number of nitrogens with one attached hydrogen (secondary N) is 2. The topological polar surface area (TPSA) is 109 Å². The van der Waals surface area contributed by atoms with E-state index in [1.165, 1.54) is 6.33 Å². The Balaban J connectivity index is 1.24. The van der Waals surface area contributed by atoms with Crippen LogP contribution in [0.25, 0.3) is 10.8 Å². The maximum absolute atomic E-state index is 12.9. The molecular weight excluding hydrogens is 442 g/mol. The van der Waals surface area contributed by atoms with Gasteiger partial charge >= 0.3 is 0 Å². The van der Waals surface area contributed by atoms with Crippen molar-refractivity contribution in [2.45, 2.75) is 0 Å². The summed E-state index contributed by atoms with van der Waals surface area (Å²) in [6, 6.07) is 21.4. The lowest BCUT2D eigenvalue weighted by atomic mass is 10.0. The summed E-state index contributed by atoms with van der Waals surface area (Å²) in [5.74, 6) is 1.58. The second kappa shape index (κ2) is 9.76. The van der Waals surface area contributed by atoms with Crippen LogP contribution in [0.4, 0.5) is 23.0 Å². The highest BCUT2D eigenvalue weighted by Crippen LogP contribution is 2.28. The number of carbonyl (C=O) groups excluding carboxylic acids is 1. The zero-order valence-electron chi connectivity index (χ0n) is 19.4. The van der Waals surface area contributed by atoms with Crippen molar-refractivity contribution in [3.63, 3.8) is 0 Å². The Morgan fingerprint density at radius 1 is 0.914 bits per heavy atom. The number of carbonyl (C=O) groups is 1. The highest BCUT2D eigenvalue weighted by Gasteiger charge is 2.22. The van der Waals surface area contributed by atoms with Crippen LogP contribution in [0.3, 0.4) is 0 Å². The molecule has 9 nitrogen and oxygen atoms in total. The first-order valence-electron chi connectivity index (χ1n) is 11.4. The maximum Gasteiger partial charge on any atom is 0.270 e. The number of methoxy groups -OCH3 is 1. The molecule has 1 fully saturated rings. The maximum atomic E-state index is 12.9. The summed E-state index contributed by atoms with van der Waals surface area (Å²) in [5.41, 5.74) is 14.1. The lowest BCUT2D eigenvalue weighted by Crippen LogP contribution is -2.47. The molecule has 5 rings (SSSR count). The van der Waals surface area contributed by atoms with Gasteiger partial charge in [0.05, 0.1) is 7.11 Å². The highest BCUT2D eigenvalue weighted by molar-refractivity contribution is 6.07. The predicted molar refractivity (Wildman–Crippen MR) is 139 cm³/mol. The molecule has 9 heteroatoms. The molecule has 1 aromatic heterocycles. The van der Waals surface area contributed by atoms with E-state index in [0.717, 1.165) is 48.4 Å². The minimum Gasteiger partial charge on any atom is -0.497 e. The first-order valence-corrected chi connectivity index (χ1v) is 11.4. The molecule has 0 atom stereocenters. The van der Waals surface area contributed by atoms with E-state index in [0.29, 0.717) is 22.9 Å². The Labute approximate surface area is 203 Å². The monoisotopic (exact) mass is 469 g/mol. The summed E-state index contributed by atoms with van der Waals surface area (Å²) < 4.78 is 5.25. The molecule has 0 bridgehead atoms. The van der Waals surface area contributed by atoms with Crippen molar-refractivity contribution >= 4 is 39.7 Å². The number of ether oxygens (including phenoxy) is 1. The fourth-order valence-electron chi connectivity index (χ4n) is 4.31. The normalized spacial score (nSPS) is 13.5. The predicted octanol–water partition coefficient (Wildman–Crippen LogP) is 3.30. The standard InChI is InChI=1S/C26H27N7O2/c1-35-20-11-9-19(10-12-20)32-13-15-33(16-14-32)25-23(27)24(28-17-29-25)30-31-26(34)22-8-4-6-18-5-2-3-7-21(18)22/h2-12,17H,13-16,27H2,1H3,(H,31,34)(H,28,29,30). The zero-order valence-corrected chi connectivity index (χ0v) is 19.4. The van der Waals surface area contributed by atoms with E-state index in [2.05, 4.69) is 42.8 Å². The fourth-order valence-corrected chi connectivity index (χ4v) is 4.31. The Morgan fingerprint density at radius 2 is 1.63 bits per heavy atom. The number of nitrogen functional groups attached to an aromatic ring is 1. The van der Waals surface area contributed by atoms with Crippen LogP contribution in [0.2, 0.25) is 0 Å². The third-order valence-corrected chi connectivity index (χ3v) is 6.21. The van der Waals surface area contributed by atoms with Crippen LogP contribution >= 0.6 is 0 Å². The van der Waals surface area contributed by atoms with Crippen LogP contribution in [0.5, 0.6) is 5.75 Å². The van der Waals surface area contributed by atoms with Crippen molar-refractivity contribution < 1.29 is 9.53 Å². The van der Waals surface area contributed by atoms with E-state index in [9.17, 15) is 4.79 Å². The lowest BCUT2D eigenvalue weighted by molar-refractivity contribution is 0.0964. The van der Waals surface area contributed by atoms with Gasteiger partial charge in [0.15, 0.2) is 11.6 Å².